The zero-order chi connectivity index (χ0) is 13.1. The van der Waals surface area contributed by atoms with Crippen LogP contribution in [0.5, 0.6) is 5.88 Å². The lowest BCUT2D eigenvalue weighted by atomic mass is 10.1. The molecule has 2 rings (SSSR count). The first kappa shape index (κ1) is 12.4. The van der Waals surface area contributed by atoms with Crippen LogP contribution in [0.25, 0.3) is 0 Å². The first-order valence-electron chi connectivity index (χ1n) is 5.64. The van der Waals surface area contributed by atoms with Crippen LogP contribution in [0.1, 0.15) is 29.8 Å². The predicted molar refractivity (Wildman–Crippen MR) is 59.3 cm³/mol. The number of carboxylic acids is 1. The van der Waals surface area contributed by atoms with Gasteiger partial charge in [0.25, 0.3) is 11.8 Å². The van der Waals surface area contributed by atoms with Crippen LogP contribution in [0.2, 0.25) is 0 Å². The van der Waals surface area contributed by atoms with Gasteiger partial charge in [0.05, 0.1) is 19.1 Å². The molecule has 1 amide bonds. The standard InChI is InChI=1S/C11H14N2O5/c1-17-9-5-8(18-13-9)10(14)12-7-3-2-6(4-7)11(15)16/h5-7H,2-4H2,1H3,(H,12,14)(H,15,16)/t6-,7+/m1/s1. The fraction of sp³-hybridized carbons (Fsp3) is 0.545. The number of nitrogens with one attached hydrogen (secondary N) is 1. The number of carbonyl (C=O) groups is 2. The molecular formula is C11H14N2O5. The van der Waals surface area contributed by atoms with Crippen molar-refractivity contribution in [2.45, 2.75) is 25.3 Å². The highest BCUT2D eigenvalue weighted by atomic mass is 16.5. The number of aliphatic carboxylic acids is 1. The van der Waals surface area contributed by atoms with Crippen LogP contribution in [-0.2, 0) is 4.79 Å². The fourth-order valence-corrected chi connectivity index (χ4v) is 2.06. The summed E-state index contributed by atoms with van der Waals surface area (Å²) in [6.45, 7) is 0. The van der Waals surface area contributed by atoms with Crippen molar-refractivity contribution >= 4 is 11.9 Å². The summed E-state index contributed by atoms with van der Waals surface area (Å²) in [6, 6.07) is 1.26. The zero-order valence-electron chi connectivity index (χ0n) is 9.88. The predicted octanol–water partition coefficient (Wildman–Crippen LogP) is 0.666. The lowest BCUT2D eigenvalue weighted by Gasteiger charge is -2.10. The number of methoxy groups -OCH3 is 1. The van der Waals surface area contributed by atoms with Gasteiger partial charge in [-0.2, -0.15) is 0 Å². The summed E-state index contributed by atoms with van der Waals surface area (Å²) < 4.78 is 9.60. The second-order valence-corrected chi connectivity index (χ2v) is 4.25. The van der Waals surface area contributed by atoms with E-state index in [0.717, 1.165) is 0 Å². The van der Waals surface area contributed by atoms with Crippen LogP contribution in [0.15, 0.2) is 10.6 Å². The molecule has 0 aliphatic heterocycles. The van der Waals surface area contributed by atoms with E-state index in [2.05, 4.69) is 10.5 Å². The number of ether oxygens (including phenoxy) is 1. The van der Waals surface area contributed by atoms with Crippen molar-refractivity contribution in [1.29, 1.82) is 0 Å². The van der Waals surface area contributed by atoms with Crippen molar-refractivity contribution in [1.82, 2.24) is 10.5 Å². The van der Waals surface area contributed by atoms with E-state index in [9.17, 15) is 9.59 Å². The van der Waals surface area contributed by atoms with E-state index < -0.39 is 11.9 Å². The molecular weight excluding hydrogens is 240 g/mol. The van der Waals surface area contributed by atoms with Gasteiger partial charge < -0.3 is 19.7 Å². The highest BCUT2D eigenvalue weighted by Gasteiger charge is 2.31. The van der Waals surface area contributed by atoms with Crippen LogP contribution in [0.4, 0.5) is 0 Å². The average molecular weight is 254 g/mol. The Labute approximate surface area is 103 Å². The van der Waals surface area contributed by atoms with E-state index in [0.29, 0.717) is 19.3 Å². The number of nitrogens with zero attached hydrogens (tertiary/aromatic N) is 1. The summed E-state index contributed by atoms with van der Waals surface area (Å²) in [5.41, 5.74) is 0. The van der Waals surface area contributed by atoms with Gasteiger partial charge in [-0.3, -0.25) is 9.59 Å². The minimum absolute atomic E-state index is 0.0608. The molecule has 98 valence electrons. The Morgan fingerprint density at radius 1 is 1.56 bits per heavy atom. The van der Waals surface area contributed by atoms with Crippen LogP contribution in [-0.4, -0.2) is 35.3 Å². The van der Waals surface area contributed by atoms with Gasteiger partial charge >= 0.3 is 5.97 Å². The number of hydrogen-bond donors (Lipinski definition) is 2. The second-order valence-electron chi connectivity index (χ2n) is 4.25. The highest BCUT2D eigenvalue weighted by molar-refractivity contribution is 5.91. The smallest absolute Gasteiger partial charge is 0.306 e. The first-order valence-corrected chi connectivity index (χ1v) is 5.64. The highest BCUT2D eigenvalue weighted by Crippen LogP contribution is 2.26. The van der Waals surface area contributed by atoms with E-state index in [4.69, 9.17) is 14.4 Å². The lowest BCUT2D eigenvalue weighted by molar-refractivity contribution is -0.141. The van der Waals surface area contributed by atoms with Crippen LogP contribution in [0.3, 0.4) is 0 Å². The maximum atomic E-state index is 11.8. The molecule has 0 unspecified atom stereocenters. The zero-order valence-corrected chi connectivity index (χ0v) is 9.88. The summed E-state index contributed by atoms with van der Waals surface area (Å²) in [5, 5.41) is 15.1. The van der Waals surface area contributed by atoms with Crippen molar-refractivity contribution < 1.29 is 24.0 Å². The minimum Gasteiger partial charge on any atom is -0.481 e. The molecule has 1 fully saturated rings. The van der Waals surface area contributed by atoms with Gasteiger partial charge in [0.2, 0.25) is 5.76 Å². The summed E-state index contributed by atoms with van der Waals surface area (Å²) >= 11 is 0. The summed E-state index contributed by atoms with van der Waals surface area (Å²) in [5.74, 6) is -1.30. The largest absolute Gasteiger partial charge is 0.481 e. The molecule has 0 saturated heterocycles. The SMILES string of the molecule is COc1cc(C(=O)N[C@H]2CC[C@@H](C(=O)O)C2)on1. The first-order chi connectivity index (χ1) is 8.60. The van der Waals surface area contributed by atoms with Crippen molar-refractivity contribution in [3.63, 3.8) is 0 Å². The van der Waals surface area contributed by atoms with Gasteiger partial charge in [0.1, 0.15) is 0 Å². The van der Waals surface area contributed by atoms with E-state index >= 15 is 0 Å². The molecule has 18 heavy (non-hydrogen) atoms. The number of carbonyl (C=O) groups excluding carboxylic acids is 1. The Morgan fingerprint density at radius 2 is 2.33 bits per heavy atom. The number of aromatic nitrogens is 1. The summed E-state index contributed by atoms with van der Waals surface area (Å²) in [6.07, 6.45) is 1.69. The third-order valence-corrected chi connectivity index (χ3v) is 3.04. The molecule has 1 saturated carbocycles. The Bertz CT molecular complexity index is 456. The Hall–Kier alpha value is -2.05. The number of amides is 1. The molecule has 0 aromatic carbocycles. The average Bonchev–Trinajstić information content (AvgIpc) is 2.96. The summed E-state index contributed by atoms with van der Waals surface area (Å²) in [4.78, 5) is 22.5. The van der Waals surface area contributed by atoms with Gasteiger partial charge in [0, 0.05) is 6.04 Å². The monoisotopic (exact) mass is 254 g/mol. The summed E-state index contributed by atoms with van der Waals surface area (Å²) in [7, 11) is 1.42. The van der Waals surface area contributed by atoms with Crippen molar-refractivity contribution in [3.05, 3.63) is 11.8 Å². The lowest BCUT2D eigenvalue weighted by Crippen LogP contribution is -2.33. The third kappa shape index (κ3) is 2.61. The Balaban J connectivity index is 1.90. The quantitative estimate of drug-likeness (QED) is 0.818. The van der Waals surface area contributed by atoms with Crippen LogP contribution >= 0.6 is 0 Å². The van der Waals surface area contributed by atoms with E-state index in [1.165, 1.54) is 13.2 Å². The van der Waals surface area contributed by atoms with Gasteiger partial charge in [-0.1, -0.05) is 0 Å². The molecule has 2 N–H and O–H groups in total. The molecule has 1 aromatic rings. The second kappa shape index (κ2) is 5.07. The van der Waals surface area contributed by atoms with E-state index in [1.54, 1.807) is 0 Å². The number of carboxylic acid groups (broad SMARTS) is 1. The molecule has 2 atom stereocenters. The molecule has 7 heteroatoms. The maximum absolute atomic E-state index is 11.8. The Morgan fingerprint density at radius 3 is 2.89 bits per heavy atom. The van der Waals surface area contributed by atoms with Crippen molar-refractivity contribution in [2.75, 3.05) is 7.11 Å². The molecule has 0 bridgehead atoms. The minimum atomic E-state index is -0.812. The van der Waals surface area contributed by atoms with Gasteiger partial charge in [-0.05, 0) is 24.4 Å². The van der Waals surface area contributed by atoms with E-state index in [1.807, 2.05) is 0 Å². The van der Waals surface area contributed by atoms with Crippen LogP contribution in [0, 0.1) is 5.92 Å². The number of hydrogen-bond acceptors (Lipinski definition) is 5. The fourth-order valence-electron chi connectivity index (χ4n) is 2.06. The maximum Gasteiger partial charge on any atom is 0.306 e. The molecule has 0 radical (unpaired) electrons. The van der Waals surface area contributed by atoms with Gasteiger partial charge in [-0.15, -0.1) is 0 Å². The molecule has 1 heterocycles. The van der Waals surface area contributed by atoms with Gasteiger partial charge in [0.15, 0.2) is 0 Å². The normalized spacial score (nSPS) is 22.7. The topological polar surface area (TPSA) is 102 Å². The van der Waals surface area contributed by atoms with Crippen molar-refractivity contribution in [2.24, 2.45) is 5.92 Å². The number of rotatable bonds is 4. The molecule has 7 nitrogen and oxygen atoms in total. The molecule has 1 aromatic heterocycles. The molecule has 1 aliphatic carbocycles. The van der Waals surface area contributed by atoms with Crippen molar-refractivity contribution in [3.8, 4) is 5.88 Å². The Kier molecular flexibility index (Phi) is 3.50. The molecule has 1 aliphatic rings. The molecule has 0 spiro atoms. The van der Waals surface area contributed by atoms with Crippen LogP contribution < -0.4 is 10.1 Å². The van der Waals surface area contributed by atoms with E-state index in [-0.39, 0.29) is 23.6 Å². The third-order valence-electron chi connectivity index (χ3n) is 3.04. The van der Waals surface area contributed by atoms with Gasteiger partial charge in [-0.25, -0.2) is 0 Å².